The molecule has 25 heavy (non-hydrogen) atoms. The van der Waals surface area contributed by atoms with Crippen LogP contribution in [0.3, 0.4) is 0 Å². The number of thiazole rings is 1. The average molecular weight is 354 g/mol. The van der Waals surface area contributed by atoms with Crippen molar-refractivity contribution in [1.29, 1.82) is 0 Å². The Hall–Kier alpha value is -2.47. The van der Waals surface area contributed by atoms with Crippen LogP contribution in [0.5, 0.6) is 5.75 Å². The van der Waals surface area contributed by atoms with E-state index in [1.54, 1.807) is 7.11 Å². The Kier molecular flexibility index (Phi) is 4.13. The summed E-state index contributed by atoms with van der Waals surface area (Å²) in [5.74, 6) is 0.282. The monoisotopic (exact) mass is 354 g/mol. The Morgan fingerprint density at radius 3 is 2.60 bits per heavy atom. The Labute approximate surface area is 149 Å². The number of carbonyl (C=O) groups excluding carboxylic acids is 2. The molecule has 0 N–H and O–H groups in total. The number of benzene rings is 1. The van der Waals surface area contributed by atoms with E-state index in [2.05, 4.69) is 4.98 Å². The molecular formula is C19H18N2O3S. The first-order valence-corrected chi connectivity index (χ1v) is 9.14. The van der Waals surface area contributed by atoms with Crippen molar-refractivity contribution in [1.82, 2.24) is 9.88 Å². The molecule has 5 nitrogen and oxygen atoms in total. The molecule has 2 amide bonds. The lowest BCUT2D eigenvalue weighted by Crippen LogP contribution is -2.30. The highest BCUT2D eigenvalue weighted by Gasteiger charge is 2.47. The highest BCUT2D eigenvalue weighted by atomic mass is 32.1. The fraction of sp³-hybridized carbons (Fsp3) is 0.316. The molecule has 2 aliphatic rings. The maximum absolute atomic E-state index is 12.5. The van der Waals surface area contributed by atoms with Gasteiger partial charge in [-0.05, 0) is 25.0 Å². The number of nitrogens with zero attached hydrogens (tertiary/aromatic N) is 2. The van der Waals surface area contributed by atoms with Crippen LogP contribution in [-0.2, 0) is 16.1 Å². The molecule has 2 atom stereocenters. The second kappa shape index (κ2) is 6.44. The van der Waals surface area contributed by atoms with Gasteiger partial charge in [0.1, 0.15) is 10.8 Å². The van der Waals surface area contributed by atoms with Crippen molar-refractivity contribution in [2.24, 2.45) is 11.8 Å². The highest BCUT2D eigenvalue weighted by Crippen LogP contribution is 2.36. The van der Waals surface area contributed by atoms with E-state index in [1.165, 1.54) is 16.2 Å². The van der Waals surface area contributed by atoms with Crippen LogP contribution < -0.4 is 4.74 Å². The largest absolute Gasteiger partial charge is 0.497 e. The van der Waals surface area contributed by atoms with Crippen molar-refractivity contribution < 1.29 is 14.3 Å². The minimum atomic E-state index is -0.186. The lowest BCUT2D eigenvalue weighted by Gasteiger charge is -2.14. The molecule has 0 spiro atoms. The van der Waals surface area contributed by atoms with Gasteiger partial charge in [-0.3, -0.25) is 14.5 Å². The van der Waals surface area contributed by atoms with Gasteiger partial charge in [0.25, 0.3) is 0 Å². The van der Waals surface area contributed by atoms with Crippen LogP contribution in [-0.4, -0.2) is 28.8 Å². The molecule has 1 aliphatic heterocycles. The van der Waals surface area contributed by atoms with Gasteiger partial charge in [0.05, 0.1) is 31.2 Å². The summed E-state index contributed by atoms with van der Waals surface area (Å²) in [6.45, 7) is 0.255. The number of hydrogen-bond donors (Lipinski definition) is 0. The molecule has 1 saturated heterocycles. The second-order valence-electron chi connectivity index (χ2n) is 6.29. The smallest absolute Gasteiger partial charge is 0.233 e. The Balaban J connectivity index is 1.53. The number of hydrogen-bond acceptors (Lipinski definition) is 5. The molecule has 0 saturated carbocycles. The minimum Gasteiger partial charge on any atom is -0.497 e. The quantitative estimate of drug-likeness (QED) is 0.625. The highest BCUT2D eigenvalue weighted by molar-refractivity contribution is 7.13. The standard InChI is InChI=1S/C19H18N2O3S/c1-24-14-6-4-5-12(9-14)17-20-13(11-25-17)10-21-18(22)15-7-2-3-8-16(15)19(21)23/h2-6,9,11,15-16H,7-8,10H2,1H3. The van der Waals surface area contributed by atoms with Gasteiger partial charge in [-0.1, -0.05) is 24.3 Å². The van der Waals surface area contributed by atoms with Gasteiger partial charge < -0.3 is 4.74 Å². The summed E-state index contributed by atoms with van der Waals surface area (Å²) in [6, 6.07) is 7.70. The average Bonchev–Trinajstić information content (AvgIpc) is 3.22. The number of methoxy groups -OCH3 is 1. The Morgan fingerprint density at radius 2 is 1.92 bits per heavy atom. The number of amides is 2. The van der Waals surface area contributed by atoms with Crippen molar-refractivity contribution in [3.63, 3.8) is 0 Å². The van der Waals surface area contributed by atoms with Gasteiger partial charge in [-0.25, -0.2) is 4.98 Å². The van der Waals surface area contributed by atoms with E-state index >= 15 is 0 Å². The SMILES string of the molecule is COc1cccc(-c2nc(CN3C(=O)C4CC=CCC4C3=O)cs2)c1. The minimum absolute atomic E-state index is 0.0599. The maximum atomic E-state index is 12.5. The topological polar surface area (TPSA) is 59.5 Å². The summed E-state index contributed by atoms with van der Waals surface area (Å²) in [6.07, 6.45) is 5.33. The van der Waals surface area contributed by atoms with Gasteiger partial charge in [-0.15, -0.1) is 11.3 Å². The second-order valence-corrected chi connectivity index (χ2v) is 7.15. The fourth-order valence-corrected chi connectivity index (χ4v) is 4.26. The zero-order valence-electron chi connectivity index (χ0n) is 13.8. The van der Waals surface area contributed by atoms with E-state index in [0.717, 1.165) is 22.0 Å². The summed E-state index contributed by atoms with van der Waals surface area (Å²) >= 11 is 1.50. The van der Waals surface area contributed by atoms with Crippen LogP contribution >= 0.6 is 11.3 Å². The molecule has 2 heterocycles. The summed E-state index contributed by atoms with van der Waals surface area (Å²) in [7, 11) is 1.63. The van der Waals surface area contributed by atoms with E-state index in [9.17, 15) is 9.59 Å². The van der Waals surface area contributed by atoms with Gasteiger partial charge in [0.15, 0.2) is 0 Å². The lowest BCUT2D eigenvalue weighted by molar-refractivity contribution is -0.140. The van der Waals surface area contributed by atoms with E-state index in [0.29, 0.717) is 12.8 Å². The number of imide groups is 1. The number of carbonyl (C=O) groups is 2. The molecule has 1 fully saturated rings. The Bertz CT molecular complexity index is 832. The van der Waals surface area contributed by atoms with Gasteiger partial charge in [0.2, 0.25) is 11.8 Å². The van der Waals surface area contributed by atoms with Crippen LogP contribution in [0.2, 0.25) is 0 Å². The summed E-state index contributed by atoms with van der Waals surface area (Å²) < 4.78 is 5.25. The molecular weight excluding hydrogens is 336 g/mol. The van der Waals surface area contributed by atoms with E-state index in [1.807, 2.05) is 41.8 Å². The lowest BCUT2D eigenvalue weighted by atomic mass is 9.85. The predicted octanol–water partition coefficient (Wildman–Crippen LogP) is 3.27. The van der Waals surface area contributed by atoms with Gasteiger partial charge in [-0.2, -0.15) is 0 Å². The molecule has 1 aliphatic carbocycles. The molecule has 1 aromatic heterocycles. The first-order chi connectivity index (χ1) is 12.2. The number of ether oxygens (including phenoxy) is 1. The molecule has 4 rings (SSSR count). The summed E-state index contributed by atoms with van der Waals surface area (Å²) in [5, 5.41) is 2.77. The van der Waals surface area contributed by atoms with Crippen LogP contribution in [0.4, 0.5) is 0 Å². The number of aromatic nitrogens is 1. The van der Waals surface area contributed by atoms with Crippen LogP contribution in [0, 0.1) is 11.8 Å². The van der Waals surface area contributed by atoms with Crippen molar-refractivity contribution in [2.75, 3.05) is 7.11 Å². The van der Waals surface area contributed by atoms with Crippen molar-refractivity contribution in [3.05, 3.63) is 47.5 Å². The molecule has 2 aromatic rings. The molecule has 128 valence electrons. The molecule has 6 heteroatoms. The third-order valence-corrected chi connectivity index (χ3v) is 5.73. The predicted molar refractivity (Wildman–Crippen MR) is 95.0 cm³/mol. The van der Waals surface area contributed by atoms with Gasteiger partial charge in [0, 0.05) is 10.9 Å². The van der Waals surface area contributed by atoms with Crippen molar-refractivity contribution in [3.8, 4) is 16.3 Å². The number of fused-ring (bicyclic) bond motifs is 1. The Morgan fingerprint density at radius 1 is 1.20 bits per heavy atom. The third kappa shape index (κ3) is 2.87. The van der Waals surface area contributed by atoms with Crippen LogP contribution in [0.1, 0.15) is 18.5 Å². The van der Waals surface area contributed by atoms with Crippen LogP contribution in [0.25, 0.3) is 10.6 Å². The third-order valence-electron chi connectivity index (χ3n) is 4.79. The van der Waals surface area contributed by atoms with Crippen LogP contribution in [0.15, 0.2) is 41.8 Å². The molecule has 2 unspecified atom stereocenters. The summed E-state index contributed by atoms with van der Waals surface area (Å²) in [5.41, 5.74) is 1.71. The molecule has 1 aromatic carbocycles. The zero-order valence-corrected chi connectivity index (χ0v) is 14.7. The fourth-order valence-electron chi connectivity index (χ4n) is 3.46. The number of allylic oxidation sites excluding steroid dienone is 2. The summed E-state index contributed by atoms with van der Waals surface area (Å²) in [4.78, 5) is 31.1. The van der Waals surface area contributed by atoms with Crippen molar-refractivity contribution in [2.45, 2.75) is 19.4 Å². The first kappa shape index (κ1) is 16.0. The molecule has 0 radical (unpaired) electrons. The first-order valence-electron chi connectivity index (χ1n) is 8.26. The van der Waals surface area contributed by atoms with E-state index in [-0.39, 0.29) is 30.2 Å². The maximum Gasteiger partial charge on any atom is 0.233 e. The molecule has 0 bridgehead atoms. The zero-order chi connectivity index (χ0) is 17.4. The van der Waals surface area contributed by atoms with E-state index < -0.39 is 0 Å². The van der Waals surface area contributed by atoms with Gasteiger partial charge >= 0.3 is 0 Å². The normalized spacial score (nSPS) is 22.4. The number of rotatable bonds is 4. The van der Waals surface area contributed by atoms with Crippen molar-refractivity contribution >= 4 is 23.2 Å². The number of likely N-dealkylation sites (tertiary alicyclic amines) is 1. The van der Waals surface area contributed by atoms with E-state index in [4.69, 9.17) is 4.74 Å².